The number of carbonyl (C=O) groups excluding carboxylic acids is 1. The van der Waals surface area contributed by atoms with Crippen LogP contribution in [-0.4, -0.2) is 42.6 Å². The second-order valence-corrected chi connectivity index (χ2v) is 5.78. The van der Waals surface area contributed by atoms with E-state index in [-0.39, 0.29) is 12.3 Å². The molecule has 0 saturated heterocycles. The molecular weight excluding hydrogens is 326 g/mol. The number of nitrogens with zero attached hydrogens (tertiary/aromatic N) is 1. The second kappa shape index (κ2) is 6.88. The zero-order valence-electron chi connectivity index (χ0n) is 14.0. The van der Waals surface area contributed by atoms with Crippen molar-refractivity contribution in [3.63, 3.8) is 0 Å². The summed E-state index contributed by atoms with van der Waals surface area (Å²) in [6.07, 6.45) is 3.21. The van der Waals surface area contributed by atoms with Crippen molar-refractivity contribution in [2.75, 3.05) is 20.8 Å². The van der Waals surface area contributed by atoms with Gasteiger partial charge in [0.05, 0.1) is 38.5 Å². The molecule has 1 unspecified atom stereocenters. The number of methoxy groups -OCH3 is 2. The van der Waals surface area contributed by atoms with Crippen molar-refractivity contribution in [2.45, 2.75) is 18.9 Å². The highest BCUT2D eigenvalue weighted by atomic mass is 16.5. The van der Waals surface area contributed by atoms with Crippen molar-refractivity contribution in [1.82, 2.24) is 4.90 Å². The molecule has 1 aromatic heterocycles. The molecule has 0 bridgehead atoms. The molecule has 0 spiro atoms. The van der Waals surface area contributed by atoms with E-state index in [2.05, 4.69) is 0 Å². The van der Waals surface area contributed by atoms with Gasteiger partial charge in [-0.1, -0.05) is 0 Å². The van der Waals surface area contributed by atoms with Gasteiger partial charge in [-0.25, -0.2) is 0 Å². The Labute approximate surface area is 144 Å². The second-order valence-electron chi connectivity index (χ2n) is 5.78. The summed E-state index contributed by atoms with van der Waals surface area (Å²) >= 11 is 0. The molecular formula is C18H19NO6. The number of carboxylic acid groups (broad SMARTS) is 1. The van der Waals surface area contributed by atoms with E-state index in [1.807, 2.05) is 6.07 Å². The Hall–Kier alpha value is -2.96. The number of rotatable bonds is 5. The third-order valence-electron chi connectivity index (χ3n) is 4.40. The van der Waals surface area contributed by atoms with E-state index in [1.165, 1.54) is 19.6 Å². The highest BCUT2D eigenvalue weighted by molar-refractivity contribution is 5.94. The Kier molecular flexibility index (Phi) is 4.65. The molecule has 1 atom stereocenters. The highest BCUT2D eigenvalue weighted by Crippen LogP contribution is 2.40. The van der Waals surface area contributed by atoms with E-state index in [0.29, 0.717) is 30.0 Å². The monoisotopic (exact) mass is 345 g/mol. The van der Waals surface area contributed by atoms with Crippen molar-refractivity contribution in [1.29, 1.82) is 0 Å². The maximum atomic E-state index is 12.8. The summed E-state index contributed by atoms with van der Waals surface area (Å²) in [5.41, 5.74) is 2.13. The summed E-state index contributed by atoms with van der Waals surface area (Å²) < 4.78 is 15.6. The van der Waals surface area contributed by atoms with E-state index in [1.54, 1.807) is 24.1 Å². The fourth-order valence-electron chi connectivity index (χ4n) is 3.21. The Morgan fingerprint density at radius 2 is 2.00 bits per heavy atom. The Morgan fingerprint density at radius 1 is 1.28 bits per heavy atom. The Balaban J connectivity index is 2.04. The minimum Gasteiger partial charge on any atom is -0.493 e. The number of aliphatic carboxylic acids is 1. The summed E-state index contributed by atoms with van der Waals surface area (Å²) in [7, 11) is 3.07. The number of furan rings is 1. The average molecular weight is 345 g/mol. The number of amides is 1. The zero-order chi connectivity index (χ0) is 18.0. The Morgan fingerprint density at radius 3 is 2.60 bits per heavy atom. The van der Waals surface area contributed by atoms with Gasteiger partial charge in [-0.2, -0.15) is 0 Å². The van der Waals surface area contributed by atoms with E-state index in [4.69, 9.17) is 13.9 Å². The number of fused-ring (bicyclic) bond motifs is 1. The summed E-state index contributed by atoms with van der Waals surface area (Å²) in [5, 5.41) is 9.34. The number of carboxylic acids is 1. The lowest BCUT2D eigenvalue weighted by molar-refractivity contribution is -0.138. The number of hydrogen-bond acceptors (Lipinski definition) is 5. The van der Waals surface area contributed by atoms with Crippen molar-refractivity contribution in [3.05, 3.63) is 47.4 Å². The van der Waals surface area contributed by atoms with Gasteiger partial charge < -0.3 is 23.9 Å². The smallest absolute Gasteiger partial charge is 0.305 e. The van der Waals surface area contributed by atoms with Gasteiger partial charge in [0.15, 0.2) is 11.5 Å². The zero-order valence-corrected chi connectivity index (χ0v) is 14.0. The SMILES string of the molecule is COc1cc2c(cc1OC)C(CC(=O)O)N(C(=O)c1ccoc1)CC2. The first kappa shape index (κ1) is 16.9. The van der Waals surface area contributed by atoms with E-state index >= 15 is 0 Å². The first-order chi connectivity index (χ1) is 12.0. The topological polar surface area (TPSA) is 89.2 Å². The van der Waals surface area contributed by atoms with Gasteiger partial charge in [-0.15, -0.1) is 0 Å². The largest absolute Gasteiger partial charge is 0.493 e. The summed E-state index contributed by atoms with van der Waals surface area (Å²) in [5.74, 6) is -0.128. The molecule has 7 nitrogen and oxygen atoms in total. The lowest BCUT2D eigenvalue weighted by atomic mass is 9.89. The lowest BCUT2D eigenvalue weighted by Gasteiger charge is -2.37. The predicted octanol–water partition coefficient (Wildman–Crippen LogP) is 2.51. The van der Waals surface area contributed by atoms with Gasteiger partial charge in [-0.3, -0.25) is 9.59 Å². The summed E-state index contributed by atoms with van der Waals surface area (Å²) in [6.45, 7) is 0.421. The van der Waals surface area contributed by atoms with Gasteiger partial charge in [-0.05, 0) is 35.7 Å². The summed E-state index contributed by atoms with van der Waals surface area (Å²) in [6, 6.07) is 4.60. The van der Waals surface area contributed by atoms with Gasteiger partial charge in [0.1, 0.15) is 6.26 Å². The summed E-state index contributed by atoms with van der Waals surface area (Å²) in [4.78, 5) is 25.7. The third-order valence-corrected chi connectivity index (χ3v) is 4.40. The van der Waals surface area contributed by atoms with Crippen LogP contribution in [-0.2, 0) is 11.2 Å². The first-order valence-corrected chi connectivity index (χ1v) is 7.85. The van der Waals surface area contributed by atoms with Crippen LogP contribution in [0.3, 0.4) is 0 Å². The van der Waals surface area contributed by atoms with Crippen LogP contribution in [0.1, 0.15) is 33.9 Å². The quantitative estimate of drug-likeness (QED) is 0.896. The number of ether oxygens (including phenoxy) is 2. The molecule has 1 aliphatic rings. The van der Waals surface area contributed by atoms with E-state index in [0.717, 1.165) is 11.1 Å². The van der Waals surface area contributed by atoms with Crippen molar-refractivity contribution in [3.8, 4) is 11.5 Å². The number of carbonyl (C=O) groups is 2. The Bertz CT molecular complexity index is 783. The van der Waals surface area contributed by atoms with Crippen LogP contribution in [0, 0.1) is 0 Å². The van der Waals surface area contributed by atoms with Crippen LogP contribution >= 0.6 is 0 Å². The van der Waals surface area contributed by atoms with Crippen LogP contribution in [0.5, 0.6) is 11.5 Å². The molecule has 3 rings (SSSR count). The van der Waals surface area contributed by atoms with Crippen molar-refractivity contribution >= 4 is 11.9 Å². The fourth-order valence-corrected chi connectivity index (χ4v) is 3.21. The normalized spacial score (nSPS) is 16.2. The van der Waals surface area contributed by atoms with Crippen LogP contribution in [0.2, 0.25) is 0 Å². The third kappa shape index (κ3) is 3.17. The highest BCUT2D eigenvalue weighted by Gasteiger charge is 2.34. The van der Waals surface area contributed by atoms with Gasteiger partial charge in [0.2, 0.25) is 0 Å². The first-order valence-electron chi connectivity index (χ1n) is 7.85. The standard InChI is InChI=1S/C18H19NO6/c1-23-15-7-11-3-5-19(18(22)12-4-6-25-10-12)14(9-17(20)21)13(11)8-16(15)24-2/h4,6-8,10,14H,3,5,9H2,1-2H3,(H,20,21). The molecule has 0 fully saturated rings. The molecule has 2 heterocycles. The molecule has 1 aliphatic heterocycles. The van der Waals surface area contributed by atoms with Crippen LogP contribution in [0.4, 0.5) is 0 Å². The lowest BCUT2D eigenvalue weighted by Crippen LogP contribution is -2.41. The predicted molar refractivity (Wildman–Crippen MR) is 88.0 cm³/mol. The van der Waals surface area contributed by atoms with Crippen LogP contribution < -0.4 is 9.47 Å². The minimum absolute atomic E-state index is 0.188. The van der Waals surface area contributed by atoms with Crippen molar-refractivity contribution in [2.24, 2.45) is 0 Å². The molecule has 0 saturated carbocycles. The minimum atomic E-state index is -0.974. The van der Waals surface area contributed by atoms with Crippen molar-refractivity contribution < 1.29 is 28.6 Å². The molecule has 2 aromatic rings. The molecule has 0 aliphatic carbocycles. The van der Waals surface area contributed by atoms with E-state index < -0.39 is 12.0 Å². The molecule has 1 N–H and O–H groups in total. The maximum Gasteiger partial charge on any atom is 0.305 e. The van der Waals surface area contributed by atoms with Crippen LogP contribution in [0.15, 0.2) is 35.1 Å². The number of hydrogen-bond donors (Lipinski definition) is 1. The molecule has 7 heteroatoms. The molecule has 0 radical (unpaired) electrons. The van der Waals surface area contributed by atoms with E-state index in [9.17, 15) is 14.7 Å². The van der Waals surface area contributed by atoms with Crippen LogP contribution in [0.25, 0.3) is 0 Å². The fraction of sp³-hybridized carbons (Fsp3) is 0.333. The van der Waals surface area contributed by atoms with Gasteiger partial charge in [0.25, 0.3) is 5.91 Å². The van der Waals surface area contributed by atoms with Gasteiger partial charge in [0, 0.05) is 6.54 Å². The maximum absolute atomic E-state index is 12.8. The molecule has 1 amide bonds. The van der Waals surface area contributed by atoms with Gasteiger partial charge >= 0.3 is 5.97 Å². The molecule has 132 valence electrons. The number of benzene rings is 1. The molecule has 25 heavy (non-hydrogen) atoms. The molecule has 1 aromatic carbocycles. The average Bonchev–Trinajstić information content (AvgIpc) is 3.14.